The molecule has 5 rings (SSSR count). The van der Waals surface area contributed by atoms with E-state index < -0.39 is 0 Å². The molecule has 0 unspecified atom stereocenters. The van der Waals surface area contributed by atoms with Crippen molar-refractivity contribution in [2.24, 2.45) is 0 Å². The Balaban J connectivity index is 1.34. The number of amides is 1. The first-order valence-corrected chi connectivity index (χ1v) is 13.1. The maximum Gasteiger partial charge on any atom is 0.227 e. The Hall–Kier alpha value is -3.04. The molecule has 0 radical (unpaired) electrons. The molecule has 0 bridgehead atoms. The summed E-state index contributed by atoms with van der Waals surface area (Å²) < 4.78 is 15.5. The summed E-state index contributed by atoms with van der Waals surface area (Å²) in [6, 6.07) is 13.5. The highest BCUT2D eigenvalue weighted by Gasteiger charge is 2.23. The van der Waals surface area contributed by atoms with Crippen LogP contribution in [0.5, 0.6) is 0 Å². The largest absolute Gasteiger partial charge is 0.312 e. The smallest absolute Gasteiger partial charge is 0.227 e. The number of aromatic nitrogens is 3. The molecule has 9 heteroatoms. The summed E-state index contributed by atoms with van der Waals surface area (Å²) in [6.45, 7) is 3.39. The number of carbonyl (C=O) groups excluding carboxylic acids is 2. The number of ketones is 1. The number of halogens is 1. The minimum atomic E-state index is -0.305. The molecule has 0 atom stereocenters. The third-order valence-corrected chi connectivity index (χ3v) is 7.41. The van der Waals surface area contributed by atoms with Gasteiger partial charge in [-0.05, 0) is 68.8 Å². The van der Waals surface area contributed by atoms with Crippen molar-refractivity contribution in [2.75, 3.05) is 30.3 Å². The Morgan fingerprint density at radius 2 is 1.74 bits per heavy atom. The van der Waals surface area contributed by atoms with Crippen LogP contribution in [0.1, 0.15) is 48.3 Å². The fourth-order valence-electron chi connectivity index (χ4n) is 4.65. The van der Waals surface area contributed by atoms with Gasteiger partial charge in [0.15, 0.2) is 16.8 Å². The number of nitrogens with zero attached hydrogens (tertiary/aromatic N) is 5. The molecule has 0 saturated carbocycles. The van der Waals surface area contributed by atoms with Crippen LogP contribution in [0, 0.1) is 5.82 Å². The molecule has 35 heavy (non-hydrogen) atoms. The number of thioether (sulfide) groups is 1. The van der Waals surface area contributed by atoms with Crippen LogP contribution >= 0.6 is 11.8 Å². The highest BCUT2D eigenvalue weighted by Crippen LogP contribution is 2.26. The van der Waals surface area contributed by atoms with Crippen LogP contribution < -0.4 is 4.90 Å². The summed E-state index contributed by atoms with van der Waals surface area (Å²) in [5.74, 6) is 0.705. The third kappa shape index (κ3) is 5.46. The van der Waals surface area contributed by atoms with Crippen LogP contribution in [0.25, 0.3) is 5.69 Å². The van der Waals surface area contributed by atoms with E-state index in [1.165, 1.54) is 43.2 Å². The van der Waals surface area contributed by atoms with Gasteiger partial charge < -0.3 is 4.90 Å². The summed E-state index contributed by atoms with van der Waals surface area (Å²) >= 11 is 1.32. The molecular weight excluding hydrogens is 465 g/mol. The van der Waals surface area contributed by atoms with Crippen LogP contribution in [-0.2, 0) is 11.3 Å². The lowest BCUT2D eigenvalue weighted by molar-refractivity contribution is -0.117. The van der Waals surface area contributed by atoms with Crippen molar-refractivity contribution < 1.29 is 14.0 Å². The lowest BCUT2D eigenvalue weighted by Crippen LogP contribution is -2.30. The van der Waals surface area contributed by atoms with Crippen molar-refractivity contribution in [3.05, 3.63) is 65.7 Å². The van der Waals surface area contributed by atoms with Crippen LogP contribution in [-0.4, -0.2) is 56.7 Å². The Bertz CT molecular complexity index is 1210. The molecule has 7 nitrogen and oxygen atoms in total. The number of benzene rings is 2. The molecule has 2 aliphatic heterocycles. The highest BCUT2D eigenvalue weighted by molar-refractivity contribution is 7.99. The van der Waals surface area contributed by atoms with Gasteiger partial charge in [0.25, 0.3) is 0 Å². The molecule has 0 spiro atoms. The number of likely N-dealkylation sites (tertiary alicyclic amines) is 1. The molecule has 2 aliphatic rings. The second-order valence-electron chi connectivity index (χ2n) is 8.96. The Labute approximate surface area is 208 Å². The van der Waals surface area contributed by atoms with Gasteiger partial charge in [-0.3, -0.25) is 19.1 Å². The average Bonchev–Trinajstić information content (AvgIpc) is 3.49. The predicted molar refractivity (Wildman–Crippen MR) is 134 cm³/mol. The van der Waals surface area contributed by atoms with Crippen molar-refractivity contribution in [3.63, 3.8) is 0 Å². The van der Waals surface area contributed by atoms with E-state index in [0.717, 1.165) is 36.7 Å². The van der Waals surface area contributed by atoms with Gasteiger partial charge in [-0.2, -0.15) is 0 Å². The standard InChI is InChI=1S/C26H28FN5O2S/c27-20-9-11-21(12-10-20)32-24(17-30-13-2-1-3-14-30)28-29-26(32)35-18-23(33)19-6-4-7-22(16-19)31-15-5-8-25(31)34/h4,6-7,9-12,16H,1-3,5,8,13-15,17-18H2. The Morgan fingerprint density at radius 3 is 2.49 bits per heavy atom. The quantitative estimate of drug-likeness (QED) is 0.340. The van der Waals surface area contributed by atoms with E-state index in [0.29, 0.717) is 30.2 Å². The topological polar surface area (TPSA) is 71.3 Å². The summed E-state index contributed by atoms with van der Waals surface area (Å²) in [4.78, 5) is 29.2. The first-order chi connectivity index (χ1) is 17.1. The summed E-state index contributed by atoms with van der Waals surface area (Å²) in [6.07, 6.45) is 4.97. The molecule has 3 heterocycles. The lowest BCUT2D eigenvalue weighted by Gasteiger charge is -2.26. The predicted octanol–water partition coefficient (Wildman–Crippen LogP) is 4.49. The van der Waals surface area contributed by atoms with E-state index in [1.807, 2.05) is 16.7 Å². The van der Waals surface area contributed by atoms with Crippen molar-refractivity contribution >= 4 is 29.1 Å². The van der Waals surface area contributed by atoms with Gasteiger partial charge in [-0.1, -0.05) is 30.3 Å². The second-order valence-corrected chi connectivity index (χ2v) is 9.90. The summed E-state index contributed by atoms with van der Waals surface area (Å²) in [5.41, 5.74) is 2.10. The van der Waals surface area contributed by atoms with Crippen molar-refractivity contribution in [1.82, 2.24) is 19.7 Å². The average molecular weight is 494 g/mol. The summed E-state index contributed by atoms with van der Waals surface area (Å²) in [7, 11) is 0. The number of hydrogen-bond acceptors (Lipinski definition) is 6. The van der Waals surface area contributed by atoms with E-state index in [1.54, 1.807) is 29.2 Å². The number of anilines is 1. The number of rotatable bonds is 8. The van der Waals surface area contributed by atoms with Crippen LogP contribution in [0.3, 0.4) is 0 Å². The molecule has 2 saturated heterocycles. The van der Waals surface area contributed by atoms with Crippen LogP contribution in [0.4, 0.5) is 10.1 Å². The van der Waals surface area contributed by atoms with Crippen molar-refractivity contribution in [3.8, 4) is 5.69 Å². The Morgan fingerprint density at radius 1 is 0.943 bits per heavy atom. The molecule has 3 aromatic rings. The van der Waals surface area contributed by atoms with Gasteiger partial charge in [0.05, 0.1) is 12.3 Å². The van der Waals surface area contributed by atoms with Gasteiger partial charge in [0.2, 0.25) is 5.91 Å². The lowest BCUT2D eigenvalue weighted by atomic mass is 10.1. The molecule has 1 amide bonds. The molecule has 2 aromatic carbocycles. The van der Waals surface area contributed by atoms with Crippen LogP contribution in [0.15, 0.2) is 53.7 Å². The van der Waals surface area contributed by atoms with Gasteiger partial charge in [0, 0.05) is 29.9 Å². The first-order valence-electron chi connectivity index (χ1n) is 12.1. The van der Waals surface area contributed by atoms with Gasteiger partial charge in [0.1, 0.15) is 5.82 Å². The number of hydrogen-bond donors (Lipinski definition) is 0. The zero-order valence-corrected chi connectivity index (χ0v) is 20.3. The number of carbonyl (C=O) groups is 2. The number of Topliss-reactive ketones (excluding diaryl/α,β-unsaturated/α-hetero) is 1. The summed E-state index contributed by atoms with van der Waals surface area (Å²) in [5, 5.41) is 9.42. The maximum atomic E-state index is 13.6. The maximum absolute atomic E-state index is 13.6. The van der Waals surface area contributed by atoms with E-state index in [2.05, 4.69) is 15.1 Å². The second kappa shape index (κ2) is 10.7. The van der Waals surface area contributed by atoms with E-state index in [4.69, 9.17) is 0 Å². The zero-order valence-electron chi connectivity index (χ0n) is 19.5. The molecular formula is C26H28FN5O2S. The van der Waals surface area contributed by atoms with Gasteiger partial charge in [-0.25, -0.2) is 4.39 Å². The van der Waals surface area contributed by atoms with Gasteiger partial charge in [-0.15, -0.1) is 10.2 Å². The zero-order chi connectivity index (χ0) is 24.2. The minimum Gasteiger partial charge on any atom is -0.312 e. The minimum absolute atomic E-state index is 0.0465. The van der Waals surface area contributed by atoms with E-state index >= 15 is 0 Å². The third-order valence-electron chi connectivity index (χ3n) is 6.48. The fourth-order valence-corrected chi connectivity index (χ4v) is 5.51. The normalized spacial score (nSPS) is 16.7. The van der Waals surface area contributed by atoms with Crippen molar-refractivity contribution in [2.45, 2.75) is 43.8 Å². The fraction of sp³-hybridized carbons (Fsp3) is 0.385. The molecule has 182 valence electrons. The number of piperidine rings is 1. The molecule has 1 aromatic heterocycles. The first kappa shape index (κ1) is 23.7. The Kier molecular flexibility index (Phi) is 7.24. The molecule has 2 fully saturated rings. The monoisotopic (exact) mass is 493 g/mol. The highest BCUT2D eigenvalue weighted by atomic mass is 32.2. The van der Waals surface area contributed by atoms with E-state index in [9.17, 15) is 14.0 Å². The van der Waals surface area contributed by atoms with Gasteiger partial charge >= 0.3 is 0 Å². The van der Waals surface area contributed by atoms with E-state index in [-0.39, 0.29) is 23.3 Å². The van der Waals surface area contributed by atoms with Crippen LogP contribution in [0.2, 0.25) is 0 Å². The SMILES string of the molecule is O=C(CSc1nnc(CN2CCCCC2)n1-c1ccc(F)cc1)c1cccc(N2CCCC2=O)c1. The van der Waals surface area contributed by atoms with Crippen molar-refractivity contribution in [1.29, 1.82) is 0 Å². The molecule has 0 aliphatic carbocycles. The molecule has 0 N–H and O–H groups in total.